The minimum Gasteiger partial charge on any atom is -0.494 e. The van der Waals surface area contributed by atoms with Crippen LogP contribution >= 0.6 is 0 Å². The molecule has 7 N–H and O–H groups in total. The van der Waals surface area contributed by atoms with Gasteiger partial charge in [0.05, 0.1) is 63.0 Å². The molecule has 28 heteroatoms. The van der Waals surface area contributed by atoms with Gasteiger partial charge in [0.1, 0.15) is 17.8 Å². The van der Waals surface area contributed by atoms with E-state index in [9.17, 15) is 72.5 Å². The number of likely N-dealkylation sites (tertiary alicyclic amines) is 1. The zero-order valence-corrected chi connectivity index (χ0v) is 52.1. The van der Waals surface area contributed by atoms with Gasteiger partial charge in [0.15, 0.2) is 0 Å². The van der Waals surface area contributed by atoms with Crippen molar-refractivity contribution in [3.63, 3.8) is 0 Å². The Labute approximate surface area is 529 Å². The number of piperazine rings is 1. The highest BCUT2D eigenvalue weighted by molar-refractivity contribution is 6.07. The summed E-state index contributed by atoms with van der Waals surface area (Å²) in [5, 5.41) is 49.8. The Balaban J connectivity index is 0.909. The van der Waals surface area contributed by atoms with Crippen molar-refractivity contribution in [2.45, 2.75) is 102 Å². The van der Waals surface area contributed by atoms with Crippen LogP contribution < -0.4 is 26.0 Å². The molecule has 2 atom stereocenters. The highest BCUT2D eigenvalue weighted by Crippen LogP contribution is 2.32. The summed E-state index contributed by atoms with van der Waals surface area (Å²) in [7, 11) is 0. The van der Waals surface area contributed by atoms with Gasteiger partial charge in [-0.15, -0.1) is 0 Å². The number of nitrogens with one attached hydrogen (secondary N) is 4. The quantitative estimate of drug-likeness (QED) is 0.0428. The molecule has 6 amide bonds. The molecule has 91 heavy (non-hydrogen) atoms. The lowest BCUT2D eigenvalue weighted by Gasteiger charge is -2.34. The van der Waals surface area contributed by atoms with E-state index in [0.717, 1.165) is 54.9 Å². The third kappa shape index (κ3) is 26.0. The first kappa shape index (κ1) is 72.1. The lowest BCUT2D eigenvalue weighted by Crippen LogP contribution is -2.52. The molecule has 3 aromatic rings. The van der Waals surface area contributed by atoms with Gasteiger partial charge in [-0.25, -0.2) is 8.78 Å². The number of carboxylic acid groups (broad SMARTS) is 3. The summed E-state index contributed by atoms with van der Waals surface area (Å²) in [4.78, 5) is 131. The van der Waals surface area contributed by atoms with E-state index in [1.807, 2.05) is 36.1 Å². The number of ether oxygens (including phenoxy) is 1. The van der Waals surface area contributed by atoms with Gasteiger partial charge in [-0.2, -0.15) is 5.26 Å². The molecule has 3 fully saturated rings. The first-order chi connectivity index (χ1) is 43.6. The van der Waals surface area contributed by atoms with Crippen LogP contribution in [0.1, 0.15) is 92.1 Å². The number of nitrogens with zero attached hydrogens (tertiary/aromatic N) is 9. The van der Waals surface area contributed by atoms with Crippen LogP contribution in [0.25, 0.3) is 10.9 Å². The molecule has 3 saturated heterocycles. The van der Waals surface area contributed by atoms with Crippen LogP contribution in [0.2, 0.25) is 0 Å². The minimum atomic E-state index is -3.17. The van der Waals surface area contributed by atoms with Gasteiger partial charge in [0.25, 0.3) is 11.8 Å². The molecule has 2 aromatic carbocycles. The molecule has 6 rings (SSSR count). The molecule has 0 saturated carbocycles. The Morgan fingerprint density at radius 1 is 0.659 bits per heavy atom. The second kappa shape index (κ2) is 37.4. The van der Waals surface area contributed by atoms with Crippen molar-refractivity contribution in [3.05, 3.63) is 71.4 Å². The van der Waals surface area contributed by atoms with E-state index in [-0.39, 0.29) is 109 Å². The van der Waals surface area contributed by atoms with Gasteiger partial charge >= 0.3 is 17.9 Å². The maximum atomic E-state index is 13.9. The Morgan fingerprint density at radius 2 is 1.26 bits per heavy atom. The van der Waals surface area contributed by atoms with Gasteiger partial charge in [-0.3, -0.25) is 72.6 Å². The molecule has 26 nitrogen and oxygen atoms in total. The monoisotopic (exact) mass is 1270 g/mol. The second-order valence-corrected chi connectivity index (χ2v) is 23.6. The molecular formula is C63H89F2N13O13. The van der Waals surface area contributed by atoms with Crippen molar-refractivity contribution in [1.29, 1.82) is 5.26 Å². The summed E-state index contributed by atoms with van der Waals surface area (Å²) in [6.07, 6.45) is 6.81. The zero-order valence-electron chi connectivity index (χ0n) is 52.1. The maximum Gasteiger partial charge on any atom is 0.317 e. The van der Waals surface area contributed by atoms with Crippen LogP contribution in [0.4, 0.5) is 8.78 Å². The summed E-state index contributed by atoms with van der Waals surface area (Å²) in [6.45, 7) is 5.59. The second-order valence-electron chi connectivity index (χ2n) is 23.6. The van der Waals surface area contributed by atoms with E-state index in [1.54, 1.807) is 43.9 Å². The number of aliphatic carboxylic acids is 3. The number of amides is 6. The normalized spacial score (nSPS) is 17.6. The first-order valence-electron chi connectivity index (χ1n) is 31.4. The number of fused-ring (bicyclic) bond motifs is 1. The first-order valence-corrected chi connectivity index (χ1v) is 31.4. The van der Waals surface area contributed by atoms with Crippen LogP contribution in [-0.2, 0) is 44.8 Å². The standard InChI is InChI=1S/C63H89F2N13O13/c1-46-13-15-47(16-14-46)9-7-11-54(79)68-21-8-10-53(71-55(80)41-73-24-26-74(42-58(83)84)28-30-76(44-60(87)88)31-29-75(27-25-73)43-59(85)86)62(90)69-20-4-2-3-12-56(81)77-34-32-72(33-35-77)23-5-6-36-91-49-17-18-52-51(37-49)50(19-22-67-52)61(89)70-40-57(82)78-45-63(64,65)38-48(78)39-66/h13-19,22,37,48,53H,2-12,20-21,23-36,38,40-45H2,1H3,(H,68,79)(H,69,90)(H,70,89)(H,71,80)(H,83,84)(H,85,86)(H,87,88)/t48-,53+/m1/s1. The summed E-state index contributed by atoms with van der Waals surface area (Å²) < 4.78 is 33.8. The number of aromatic nitrogens is 1. The lowest BCUT2D eigenvalue weighted by molar-refractivity contribution is -0.140. The average Bonchev–Trinajstić information content (AvgIpc) is 1.96. The Hall–Kier alpha value is -7.97. The molecule has 0 spiro atoms. The molecule has 4 heterocycles. The van der Waals surface area contributed by atoms with Gasteiger partial charge in [0, 0.05) is 122 Å². The van der Waals surface area contributed by atoms with Crippen LogP contribution in [0.15, 0.2) is 54.7 Å². The third-order valence-corrected chi connectivity index (χ3v) is 16.3. The van der Waals surface area contributed by atoms with Crippen molar-refractivity contribution >= 4 is 64.3 Å². The number of pyridine rings is 1. The van der Waals surface area contributed by atoms with Crippen molar-refractivity contribution in [1.82, 2.24) is 60.6 Å². The van der Waals surface area contributed by atoms with Crippen LogP contribution in [0, 0.1) is 18.3 Å². The van der Waals surface area contributed by atoms with Gasteiger partial charge in [-0.1, -0.05) is 36.2 Å². The number of hydrogen-bond acceptors (Lipinski definition) is 17. The molecule has 0 aliphatic carbocycles. The largest absolute Gasteiger partial charge is 0.494 e. The van der Waals surface area contributed by atoms with E-state index in [4.69, 9.17) is 4.74 Å². The average molecular weight is 1270 g/mol. The van der Waals surface area contributed by atoms with E-state index in [2.05, 4.69) is 31.2 Å². The van der Waals surface area contributed by atoms with Gasteiger partial charge < -0.3 is 51.1 Å². The third-order valence-electron chi connectivity index (χ3n) is 16.3. The van der Waals surface area contributed by atoms with Crippen molar-refractivity contribution < 1.29 is 72.0 Å². The van der Waals surface area contributed by atoms with E-state index >= 15 is 0 Å². The highest BCUT2D eigenvalue weighted by atomic mass is 19.3. The molecule has 498 valence electrons. The number of unbranched alkanes of at least 4 members (excludes halogenated alkanes) is 3. The molecule has 1 aromatic heterocycles. The number of carbonyl (C=O) groups excluding carboxylic acids is 6. The highest BCUT2D eigenvalue weighted by Gasteiger charge is 2.47. The summed E-state index contributed by atoms with van der Waals surface area (Å²) in [5.41, 5.74) is 3.03. The number of nitriles is 1. The van der Waals surface area contributed by atoms with Crippen molar-refractivity contribution in [2.75, 3.05) is 144 Å². The van der Waals surface area contributed by atoms with Gasteiger partial charge in [-0.05, 0) is 94.7 Å². The molecule has 0 bridgehead atoms. The summed E-state index contributed by atoms with van der Waals surface area (Å²) >= 11 is 0. The number of rotatable bonds is 33. The number of alkyl halides is 2. The molecule has 3 aliphatic rings. The van der Waals surface area contributed by atoms with Crippen molar-refractivity contribution in [2.24, 2.45) is 0 Å². The molecule has 0 unspecified atom stereocenters. The topological polar surface area (TPSA) is 331 Å². The smallest absolute Gasteiger partial charge is 0.317 e. The maximum absolute atomic E-state index is 13.9. The summed E-state index contributed by atoms with van der Waals surface area (Å²) in [5.74, 6) is -8.22. The fraction of sp³-hybridized carbons (Fsp3) is 0.603. The fourth-order valence-electron chi connectivity index (χ4n) is 11.2. The molecule has 0 radical (unpaired) electrons. The van der Waals surface area contributed by atoms with Crippen LogP contribution in [0.5, 0.6) is 5.75 Å². The number of carboxylic acids is 3. The van der Waals surface area contributed by atoms with Crippen LogP contribution in [0.3, 0.4) is 0 Å². The number of halogens is 2. The number of benzene rings is 2. The number of aryl methyl sites for hydroxylation is 2. The molecule has 3 aliphatic heterocycles. The SMILES string of the molecule is Cc1ccc(CCCC(=O)NCCC[C@H](NC(=O)CN2CCN(CC(=O)O)CCN(CC(=O)O)CCN(CC(=O)O)CC2)C(=O)NCCCCCC(=O)N2CCN(CCCCOc3ccc4nccc(C(=O)NCC(=O)N5CC(F)(F)C[C@@H]5C#N)c4c3)CC2)cc1. The minimum absolute atomic E-state index is 0.0601. The lowest BCUT2D eigenvalue weighted by atomic mass is 10.1. The number of hydrogen-bond donors (Lipinski definition) is 7. The Kier molecular flexibility index (Phi) is 29.6. The van der Waals surface area contributed by atoms with Crippen molar-refractivity contribution in [3.8, 4) is 11.8 Å². The predicted molar refractivity (Wildman–Crippen MR) is 331 cm³/mol. The summed E-state index contributed by atoms with van der Waals surface area (Å²) in [6, 6.07) is 14.3. The number of carbonyl (C=O) groups is 9. The van der Waals surface area contributed by atoms with E-state index < -0.39 is 79.1 Å². The Morgan fingerprint density at radius 3 is 1.88 bits per heavy atom. The fourth-order valence-corrected chi connectivity index (χ4v) is 11.2. The predicted octanol–water partition coefficient (Wildman–Crippen LogP) is 1.89. The Bertz CT molecular complexity index is 2930. The molecular weight excluding hydrogens is 1180 g/mol. The van der Waals surface area contributed by atoms with E-state index in [0.29, 0.717) is 87.8 Å². The van der Waals surface area contributed by atoms with Crippen LogP contribution in [-0.4, -0.2) is 270 Å². The van der Waals surface area contributed by atoms with Gasteiger partial charge in [0.2, 0.25) is 29.5 Å². The van der Waals surface area contributed by atoms with E-state index in [1.165, 1.54) is 12.3 Å². The zero-order chi connectivity index (χ0) is 65.7.